The van der Waals surface area contributed by atoms with Crippen LogP contribution in [0.4, 0.5) is 10.1 Å². The van der Waals surface area contributed by atoms with Crippen LogP contribution in [0.5, 0.6) is 5.75 Å². The van der Waals surface area contributed by atoms with Crippen molar-refractivity contribution in [2.45, 2.75) is 0 Å². The molecule has 0 saturated carbocycles. The van der Waals surface area contributed by atoms with Gasteiger partial charge in [-0.1, -0.05) is 0 Å². The quantitative estimate of drug-likeness (QED) is 0.668. The highest BCUT2D eigenvalue weighted by molar-refractivity contribution is 9.10. The molecule has 14 heavy (non-hydrogen) atoms. The number of benzene rings is 1. The normalized spacial score (nSPS) is 9.07. The monoisotopic (exact) mass is 286 g/mol. The first-order chi connectivity index (χ1) is 6.06. The molecule has 0 aliphatic carbocycles. The number of halogens is 3. The Kier molecular flexibility index (Phi) is 4.75. The molecule has 0 aliphatic rings. The van der Waals surface area contributed by atoms with Crippen molar-refractivity contribution in [2.24, 2.45) is 5.90 Å². The van der Waals surface area contributed by atoms with Crippen LogP contribution in [0, 0.1) is 15.9 Å². The molecule has 0 bridgehead atoms. The summed E-state index contributed by atoms with van der Waals surface area (Å²) in [6.45, 7) is 0. The highest BCUT2D eigenvalue weighted by Gasteiger charge is 2.20. The summed E-state index contributed by atoms with van der Waals surface area (Å²) >= 11 is 2.88. The van der Waals surface area contributed by atoms with Crippen molar-refractivity contribution in [3.05, 3.63) is 32.5 Å². The van der Waals surface area contributed by atoms with Gasteiger partial charge in [-0.2, -0.15) is 5.90 Å². The zero-order valence-electron chi connectivity index (χ0n) is 6.57. The lowest BCUT2D eigenvalue weighted by molar-refractivity contribution is -0.386. The molecule has 1 rings (SSSR count). The van der Waals surface area contributed by atoms with E-state index < -0.39 is 16.4 Å². The van der Waals surface area contributed by atoms with Crippen LogP contribution >= 0.6 is 28.3 Å². The third-order valence-electron chi connectivity index (χ3n) is 1.30. The molecule has 0 amide bonds. The van der Waals surface area contributed by atoms with Gasteiger partial charge >= 0.3 is 5.69 Å². The molecular weight excluding hydrogens is 282 g/mol. The first-order valence-corrected chi connectivity index (χ1v) is 3.85. The maximum Gasteiger partial charge on any atom is 0.317 e. The van der Waals surface area contributed by atoms with Crippen LogP contribution in [0.3, 0.4) is 0 Å². The van der Waals surface area contributed by atoms with Gasteiger partial charge in [0.05, 0.1) is 15.5 Å². The lowest BCUT2D eigenvalue weighted by Crippen LogP contribution is -2.05. The first-order valence-electron chi connectivity index (χ1n) is 3.06. The molecule has 78 valence electrons. The van der Waals surface area contributed by atoms with Crippen LogP contribution in [-0.2, 0) is 0 Å². The fourth-order valence-corrected chi connectivity index (χ4v) is 1.31. The zero-order valence-corrected chi connectivity index (χ0v) is 8.97. The molecule has 0 saturated heterocycles. The summed E-state index contributed by atoms with van der Waals surface area (Å²) in [5.41, 5.74) is -0.519. The van der Waals surface area contributed by atoms with Crippen LogP contribution < -0.4 is 10.7 Å². The van der Waals surface area contributed by atoms with E-state index in [1.54, 1.807) is 0 Å². The minimum Gasteiger partial charge on any atom is -0.403 e. The molecule has 5 nitrogen and oxygen atoms in total. The summed E-state index contributed by atoms with van der Waals surface area (Å²) in [4.78, 5) is 13.8. The fraction of sp³-hybridized carbons (Fsp3) is 0. The SMILES string of the molecule is Cl.NOc1c(Br)cc(F)cc1[N+](=O)[O-]. The maximum absolute atomic E-state index is 12.7. The predicted octanol–water partition coefficient (Wildman–Crippen LogP) is 2.17. The van der Waals surface area contributed by atoms with Crippen molar-refractivity contribution < 1.29 is 14.2 Å². The van der Waals surface area contributed by atoms with Gasteiger partial charge in [0.25, 0.3) is 0 Å². The summed E-state index contributed by atoms with van der Waals surface area (Å²) in [5.74, 6) is 3.84. The Morgan fingerprint density at radius 3 is 2.57 bits per heavy atom. The van der Waals surface area contributed by atoms with E-state index in [-0.39, 0.29) is 22.6 Å². The Hall–Kier alpha value is -0.920. The highest BCUT2D eigenvalue weighted by Crippen LogP contribution is 2.34. The predicted molar refractivity (Wildman–Crippen MR) is 52.8 cm³/mol. The van der Waals surface area contributed by atoms with Gasteiger partial charge in [0.15, 0.2) is 0 Å². The van der Waals surface area contributed by atoms with Crippen LogP contribution in [0.1, 0.15) is 0 Å². The Bertz CT molecular complexity index is 363. The molecule has 0 atom stereocenters. The number of rotatable bonds is 2. The van der Waals surface area contributed by atoms with Gasteiger partial charge < -0.3 is 4.84 Å². The smallest absolute Gasteiger partial charge is 0.317 e. The molecule has 0 aliphatic heterocycles. The van der Waals surface area contributed by atoms with E-state index in [4.69, 9.17) is 5.90 Å². The average Bonchev–Trinajstić information content (AvgIpc) is 2.02. The summed E-state index contributed by atoms with van der Waals surface area (Å²) < 4.78 is 12.8. The molecule has 0 fully saturated rings. The van der Waals surface area contributed by atoms with E-state index in [1.807, 2.05) is 0 Å². The highest BCUT2D eigenvalue weighted by atomic mass is 79.9. The van der Waals surface area contributed by atoms with E-state index in [9.17, 15) is 14.5 Å². The molecule has 1 aromatic carbocycles. The number of nitro benzene ring substituents is 1. The maximum atomic E-state index is 12.7. The lowest BCUT2D eigenvalue weighted by atomic mass is 10.3. The number of hydrogen-bond donors (Lipinski definition) is 1. The van der Waals surface area contributed by atoms with E-state index in [0.29, 0.717) is 0 Å². The Morgan fingerprint density at radius 2 is 2.14 bits per heavy atom. The Morgan fingerprint density at radius 1 is 1.57 bits per heavy atom. The fourth-order valence-electron chi connectivity index (χ4n) is 0.799. The molecule has 0 radical (unpaired) electrons. The zero-order chi connectivity index (χ0) is 10.0. The number of nitro groups is 1. The van der Waals surface area contributed by atoms with E-state index in [2.05, 4.69) is 20.8 Å². The molecule has 0 aromatic heterocycles. The van der Waals surface area contributed by atoms with E-state index in [0.717, 1.165) is 12.1 Å². The van der Waals surface area contributed by atoms with E-state index in [1.165, 1.54) is 0 Å². The summed E-state index contributed by atoms with van der Waals surface area (Å²) in [7, 11) is 0. The topological polar surface area (TPSA) is 78.4 Å². The third-order valence-corrected chi connectivity index (χ3v) is 1.89. The van der Waals surface area contributed by atoms with Crippen LogP contribution in [0.2, 0.25) is 0 Å². The summed E-state index contributed by atoms with van der Waals surface area (Å²) in [6.07, 6.45) is 0. The second-order valence-electron chi connectivity index (χ2n) is 2.11. The Labute approximate surface area is 92.7 Å². The second kappa shape index (κ2) is 5.08. The number of hydrogen-bond acceptors (Lipinski definition) is 4. The standard InChI is InChI=1S/C6H4BrFN2O3.ClH/c7-4-1-3(8)2-5(10(11)12)6(4)13-9;/h1-2H,9H2;1H. The molecule has 2 N–H and O–H groups in total. The van der Waals surface area contributed by atoms with Gasteiger partial charge in [-0.25, -0.2) is 4.39 Å². The van der Waals surface area contributed by atoms with Crippen molar-refractivity contribution in [1.82, 2.24) is 0 Å². The second-order valence-corrected chi connectivity index (χ2v) is 2.97. The molecular formula is C6H5BrClFN2O3. The van der Waals surface area contributed by atoms with Crippen molar-refractivity contribution in [1.29, 1.82) is 0 Å². The van der Waals surface area contributed by atoms with E-state index >= 15 is 0 Å². The van der Waals surface area contributed by atoms with Crippen LogP contribution in [0.25, 0.3) is 0 Å². The third kappa shape index (κ3) is 2.53. The molecule has 8 heteroatoms. The molecule has 0 heterocycles. The van der Waals surface area contributed by atoms with Gasteiger partial charge in [-0.05, 0) is 22.0 Å². The van der Waals surface area contributed by atoms with Crippen molar-refractivity contribution in [3.63, 3.8) is 0 Å². The van der Waals surface area contributed by atoms with Crippen molar-refractivity contribution in [3.8, 4) is 5.75 Å². The minimum atomic E-state index is -0.782. The molecule has 0 spiro atoms. The van der Waals surface area contributed by atoms with Gasteiger partial charge in [0.1, 0.15) is 5.82 Å². The van der Waals surface area contributed by atoms with Crippen molar-refractivity contribution in [2.75, 3.05) is 0 Å². The Balaban J connectivity index is 0.00000169. The van der Waals surface area contributed by atoms with Gasteiger partial charge in [-0.15, -0.1) is 12.4 Å². The molecule has 1 aromatic rings. The first kappa shape index (κ1) is 13.1. The average molecular weight is 287 g/mol. The summed E-state index contributed by atoms with van der Waals surface area (Å²) in [5, 5.41) is 10.4. The lowest BCUT2D eigenvalue weighted by Gasteiger charge is -2.02. The minimum absolute atomic E-state index is 0. The summed E-state index contributed by atoms with van der Waals surface area (Å²) in [6, 6.07) is 1.75. The van der Waals surface area contributed by atoms with Crippen LogP contribution in [0.15, 0.2) is 16.6 Å². The number of nitrogens with two attached hydrogens (primary N) is 1. The van der Waals surface area contributed by atoms with Crippen LogP contribution in [-0.4, -0.2) is 4.92 Å². The molecule has 0 unspecified atom stereocenters. The van der Waals surface area contributed by atoms with Gasteiger partial charge in [0.2, 0.25) is 5.75 Å². The van der Waals surface area contributed by atoms with Crippen molar-refractivity contribution >= 4 is 34.0 Å². The number of nitrogens with zero attached hydrogens (tertiary/aromatic N) is 1. The van der Waals surface area contributed by atoms with Gasteiger partial charge in [0, 0.05) is 0 Å². The largest absolute Gasteiger partial charge is 0.403 e. The van der Waals surface area contributed by atoms with Gasteiger partial charge in [-0.3, -0.25) is 10.1 Å².